The van der Waals surface area contributed by atoms with Crippen LogP contribution in [-0.4, -0.2) is 23.0 Å². The lowest BCUT2D eigenvalue weighted by molar-refractivity contribution is -0.0329. The number of aliphatic hydroxyl groups is 1. The van der Waals surface area contributed by atoms with Gasteiger partial charge in [0.2, 0.25) is 0 Å². The van der Waals surface area contributed by atoms with Gasteiger partial charge in [-0.05, 0) is 18.3 Å². The Kier molecular flexibility index (Phi) is 5.80. The highest BCUT2D eigenvalue weighted by atomic mass is 32.2. The molecule has 1 unspecified atom stereocenters. The summed E-state index contributed by atoms with van der Waals surface area (Å²) in [4.78, 5) is 0. The normalized spacial score (nSPS) is 15.0. The molecule has 0 aromatic heterocycles. The minimum atomic E-state index is -4.14. The Labute approximate surface area is 80.7 Å². The van der Waals surface area contributed by atoms with Crippen LogP contribution in [0.15, 0.2) is 0 Å². The number of halogens is 3. The van der Waals surface area contributed by atoms with E-state index in [-0.39, 0.29) is 36.0 Å². The Morgan fingerprint density at radius 3 is 2.15 bits per heavy atom. The van der Waals surface area contributed by atoms with Crippen LogP contribution < -0.4 is 0 Å². The fraction of sp³-hybridized carbons (Fsp3) is 1.00. The summed E-state index contributed by atoms with van der Waals surface area (Å²) < 4.78 is 35.1. The molecule has 0 aliphatic carbocycles. The van der Waals surface area contributed by atoms with Gasteiger partial charge in [0.25, 0.3) is 0 Å². The second kappa shape index (κ2) is 5.75. The maximum atomic E-state index is 11.7. The average molecular weight is 216 g/mol. The number of aliphatic hydroxyl groups excluding tert-OH is 1. The van der Waals surface area contributed by atoms with E-state index in [1.165, 1.54) is 0 Å². The van der Waals surface area contributed by atoms with Crippen molar-refractivity contribution in [3.8, 4) is 0 Å². The van der Waals surface area contributed by atoms with Crippen LogP contribution in [0, 0.1) is 11.8 Å². The second-order valence-corrected chi connectivity index (χ2v) is 4.43. The maximum absolute atomic E-state index is 11.7. The van der Waals surface area contributed by atoms with Crippen molar-refractivity contribution in [2.75, 3.05) is 12.4 Å². The van der Waals surface area contributed by atoms with Crippen molar-refractivity contribution in [2.45, 2.75) is 25.8 Å². The molecule has 0 aromatic carbocycles. The first-order valence-corrected chi connectivity index (χ1v) is 5.17. The first-order valence-electron chi connectivity index (χ1n) is 4.18. The molecule has 0 spiro atoms. The number of rotatable bonds is 5. The van der Waals surface area contributed by atoms with Gasteiger partial charge in [0.1, 0.15) is 0 Å². The van der Waals surface area contributed by atoms with Gasteiger partial charge < -0.3 is 5.11 Å². The molecule has 5 heteroatoms. The molecule has 0 saturated heterocycles. The zero-order valence-corrected chi connectivity index (χ0v) is 8.58. The van der Waals surface area contributed by atoms with E-state index in [1.54, 1.807) is 0 Å². The van der Waals surface area contributed by atoms with Gasteiger partial charge in [-0.25, -0.2) is 0 Å². The van der Waals surface area contributed by atoms with Crippen LogP contribution in [0.5, 0.6) is 0 Å². The summed E-state index contributed by atoms with van der Waals surface area (Å²) in [6.07, 6.45) is 0.415. The molecule has 0 saturated carbocycles. The Bertz CT molecular complexity index is 136. The van der Waals surface area contributed by atoms with Crippen LogP contribution in [0.2, 0.25) is 0 Å². The Balaban J connectivity index is 3.62. The summed E-state index contributed by atoms with van der Waals surface area (Å²) in [5.41, 5.74) is -4.14. The number of alkyl halides is 3. The summed E-state index contributed by atoms with van der Waals surface area (Å²) in [7, 11) is 0. The van der Waals surface area contributed by atoms with Crippen LogP contribution in [0.4, 0.5) is 13.2 Å². The molecule has 0 fully saturated rings. The van der Waals surface area contributed by atoms with E-state index < -0.39 is 5.51 Å². The molecule has 0 aromatic rings. The largest absolute Gasteiger partial charge is 0.441 e. The van der Waals surface area contributed by atoms with E-state index in [0.29, 0.717) is 6.42 Å². The van der Waals surface area contributed by atoms with E-state index in [9.17, 15) is 13.2 Å². The quantitative estimate of drug-likeness (QED) is 0.762. The van der Waals surface area contributed by atoms with Crippen LogP contribution in [0.25, 0.3) is 0 Å². The molecule has 80 valence electrons. The molecule has 0 bridgehead atoms. The van der Waals surface area contributed by atoms with Crippen molar-refractivity contribution >= 4 is 11.8 Å². The van der Waals surface area contributed by atoms with Crippen molar-refractivity contribution in [3.63, 3.8) is 0 Å². The topological polar surface area (TPSA) is 20.2 Å². The van der Waals surface area contributed by atoms with Crippen molar-refractivity contribution in [1.82, 2.24) is 0 Å². The monoisotopic (exact) mass is 216 g/mol. The van der Waals surface area contributed by atoms with Gasteiger partial charge in [0.15, 0.2) is 0 Å². The van der Waals surface area contributed by atoms with E-state index in [4.69, 9.17) is 5.11 Å². The van der Waals surface area contributed by atoms with Crippen molar-refractivity contribution in [1.29, 1.82) is 0 Å². The van der Waals surface area contributed by atoms with Gasteiger partial charge in [-0.3, -0.25) is 0 Å². The maximum Gasteiger partial charge on any atom is 0.441 e. The third kappa shape index (κ3) is 7.19. The fourth-order valence-electron chi connectivity index (χ4n) is 0.961. The van der Waals surface area contributed by atoms with Crippen LogP contribution in [0.3, 0.4) is 0 Å². The summed E-state index contributed by atoms with van der Waals surface area (Å²) >= 11 is -0.0164. The van der Waals surface area contributed by atoms with Gasteiger partial charge in [0, 0.05) is 12.4 Å². The van der Waals surface area contributed by atoms with Crippen molar-refractivity contribution in [3.05, 3.63) is 0 Å². The number of hydrogen-bond acceptors (Lipinski definition) is 2. The third-order valence-electron chi connectivity index (χ3n) is 1.93. The van der Waals surface area contributed by atoms with Gasteiger partial charge in [-0.2, -0.15) is 13.2 Å². The van der Waals surface area contributed by atoms with Crippen molar-refractivity contribution in [2.24, 2.45) is 11.8 Å². The molecule has 0 heterocycles. The molecular weight excluding hydrogens is 201 g/mol. The minimum absolute atomic E-state index is 0.0164. The second-order valence-electron chi connectivity index (χ2n) is 3.27. The average Bonchev–Trinajstić information content (AvgIpc) is 1.95. The van der Waals surface area contributed by atoms with Crippen LogP contribution >= 0.6 is 11.8 Å². The summed E-state index contributed by atoms with van der Waals surface area (Å²) in [5, 5.41) is 8.84. The zero-order valence-electron chi connectivity index (χ0n) is 7.77. The molecule has 0 aliphatic heterocycles. The first kappa shape index (κ1) is 13.1. The summed E-state index contributed by atoms with van der Waals surface area (Å²) in [6, 6.07) is 0. The molecule has 0 radical (unpaired) electrons. The predicted molar refractivity (Wildman–Crippen MR) is 48.5 cm³/mol. The zero-order chi connectivity index (χ0) is 10.5. The fourth-order valence-corrected chi connectivity index (χ4v) is 1.61. The molecule has 0 amide bonds. The van der Waals surface area contributed by atoms with E-state index in [1.807, 2.05) is 13.8 Å². The van der Waals surface area contributed by atoms with Gasteiger partial charge in [-0.15, -0.1) is 0 Å². The van der Waals surface area contributed by atoms with E-state index in [2.05, 4.69) is 0 Å². The SMILES string of the molecule is CC(C)C(CO)CCSC(F)(F)F. The standard InChI is InChI=1S/C8H15F3OS/c1-6(2)7(5-12)3-4-13-8(9,10)11/h6-7,12H,3-5H2,1-2H3. The Morgan fingerprint density at radius 2 is 1.85 bits per heavy atom. The molecule has 0 rings (SSSR count). The van der Waals surface area contributed by atoms with E-state index >= 15 is 0 Å². The predicted octanol–water partition coefficient (Wildman–Crippen LogP) is 2.89. The molecule has 13 heavy (non-hydrogen) atoms. The van der Waals surface area contributed by atoms with Gasteiger partial charge >= 0.3 is 5.51 Å². The third-order valence-corrected chi connectivity index (χ3v) is 2.70. The van der Waals surface area contributed by atoms with Gasteiger partial charge in [-0.1, -0.05) is 25.6 Å². The number of thioether (sulfide) groups is 1. The highest BCUT2D eigenvalue weighted by Crippen LogP contribution is 2.31. The van der Waals surface area contributed by atoms with E-state index in [0.717, 1.165) is 0 Å². The lowest BCUT2D eigenvalue weighted by Crippen LogP contribution is -2.15. The smallest absolute Gasteiger partial charge is 0.396 e. The van der Waals surface area contributed by atoms with Gasteiger partial charge in [0.05, 0.1) is 0 Å². The highest BCUT2D eigenvalue weighted by Gasteiger charge is 2.28. The molecule has 0 aliphatic rings. The molecule has 1 nitrogen and oxygen atoms in total. The van der Waals surface area contributed by atoms with Crippen LogP contribution in [0.1, 0.15) is 20.3 Å². The lowest BCUT2D eigenvalue weighted by Gasteiger charge is -2.17. The molecular formula is C8H15F3OS. The lowest BCUT2D eigenvalue weighted by atomic mass is 9.94. The highest BCUT2D eigenvalue weighted by molar-refractivity contribution is 8.00. The van der Waals surface area contributed by atoms with Crippen molar-refractivity contribution < 1.29 is 18.3 Å². The summed E-state index contributed by atoms with van der Waals surface area (Å²) in [5.74, 6) is 0.251. The minimum Gasteiger partial charge on any atom is -0.396 e. The molecule has 1 atom stereocenters. The van der Waals surface area contributed by atoms with Crippen LogP contribution in [-0.2, 0) is 0 Å². The first-order chi connectivity index (χ1) is 5.87. The number of hydrogen-bond donors (Lipinski definition) is 1. The molecule has 1 N–H and O–H groups in total. The summed E-state index contributed by atoms with van der Waals surface area (Å²) in [6.45, 7) is 3.77. The Morgan fingerprint density at radius 1 is 1.31 bits per heavy atom. The Hall–Kier alpha value is 0.100.